The Morgan fingerprint density at radius 2 is 2.17 bits per heavy atom. The molecule has 0 spiro atoms. The van der Waals surface area contributed by atoms with Gasteiger partial charge in [-0.3, -0.25) is 9.59 Å². The maximum Gasteiger partial charge on any atom is 0.264 e. The molecule has 0 bridgehead atoms. The molecule has 1 atom stereocenters. The Bertz CT molecular complexity index is 669. The second-order valence-electron chi connectivity index (χ2n) is 5.91. The van der Waals surface area contributed by atoms with Crippen molar-refractivity contribution in [2.24, 2.45) is 16.3 Å². The second kappa shape index (κ2) is 7.08. The van der Waals surface area contributed by atoms with E-state index in [0.29, 0.717) is 42.5 Å². The predicted octanol–water partition coefficient (Wildman–Crippen LogP) is 1.29. The Labute approximate surface area is 148 Å². The van der Waals surface area contributed by atoms with Crippen molar-refractivity contribution < 1.29 is 19.2 Å². The molecule has 0 aliphatic carbocycles. The van der Waals surface area contributed by atoms with E-state index < -0.39 is 17.4 Å². The average Bonchev–Trinajstić information content (AvgIpc) is 3.22. The molecule has 1 aromatic heterocycles. The average molecular weight is 372 g/mol. The van der Waals surface area contributed by atoms with Crippen LogP contribution in [-0.2, 0) is 19.2 Å². The Kier molecular flexibility index (Phi) is 5.07. The third-order valence-corrected chi connectivity index (χ3v) is 5.67. The number of halogens is 1. The molecule has 130 valence electrons. The molecule has 2 aliphatic heterocycles. The molecule has 0 radical (unpaired) electrons. The summed E-state index contributed by atoms with van der Waals surface area (Å²) in [5.41, 5.74) is 5.48. The summed E-state index contributed by atoms with van der Waals surface area (Å²) in [4.78, 5) is 30.2. The van der Waals surface area contributed by atoms with E-state index in [1.807, 2.05) is 6.07 Å². The monoisotopic (exact) mass is 371 g/mol. The van der Waals surface area contributed by atoms with Crippen LogP contribution in [0.5, 0.6) is 0 Å². The fourth-order valence-corrected chi connectivity index (χ4v) is 3.81. The van der Waals surface area contributed by atoms with E-state index in [-0.39, 0.29) is 12.5 Å². The van der Waals surface area contributed by atoms with Gasteiger partial charge in [-0.2, -0.15) is 0 Å². The highest BCUT2D eigenvalue weighted by Gasteiger charge is 2.40. The number of amides is 2. The predicted molar refractivity (Wildman–Crippen MR) is 90.0 cm³/mol. The van der Waals surface area contributed by atoms with Crippen molar-refractivity contribution in [2.75, 3.05) is 19.8 Å². The van der Waals surface area contributed by atoms with Crippen LogP contribution in [0.1, 0.15) is 24.1 Å². The molecular weight excluding hydrogens is 354 g/mol. The lowest BCUT2D eigenvalue weighted by molar-refractivity contribution is -0.136. The Morgan fingerprint density at radius 1 is 1.42 bits per heavy atom. The third kappa shape index (κ3) is 3.55. The van der Waals surface area contributed by atoms with E-state index in [1.54, 1.807) is 6.07 Å². The number of hydrogen-bond acceptors (Lipinski definition) is 6. The van der Waals surface area contributed by atoms with Gasteiger partial charge in [-0.15, -0.1) is 11.3 Å². The van der Waals surface area contributed by atoms with Crippen molar-refractivity contribution >= 4 is 40.5 Å². The molecule has 24 heavy (non-hydrogen) atoms. The van der Waals surface area contributed by atoms with E-state index >= 15 is 0 Å². The lowest BCUT2D eigenvalue weighted by Gasteiger charge is -2.34. The van der Waals surface area contributed by atoms with Gasteiger partial charge in [-0.1, -0.05) is 16.8 Å². The summed E-state index contributed by atoms with van der Waals surface area (Å²) in [6, 6.07) is 3.62. The fraction of sp³-hybridized carbons (Fsp3) is 0.533. The van der Waals surface area contributed by atoms with Crippen LogP contribution in [0.2, 0.25) is 4.34 Å². The maximum atomic E-state index is 12.3. The molecule has 0 unspecified atom stereocenters. The maximum absolute atomic E-state index is 12.3. The summed E-state index contributed by atoms with van der Waals surface area (Å²) in [5.74, 6) is -0.716. The van der Waals surface area contributed by atoms with Gasteiger partial charge < -0.3 is 20.6 Å². The number of nitrogens with one attached hydrogen (secondary N) is 1. The summed E-state index contributed by atoms with van der Waals surface area (Å²) in [6.07, 6.45) is 0.674. The van der Waals surface area contributed by atoms with Crippen LogP contribution in [-0.4, -0.2) is 43.4 Å². The summed E-state index contributed by atoms with van der Waals surface area (Å²) in [7, 11) is 0. The van der Waals surface area contributed by atoms with E-state index in [4.69, 9.17) is 26.9 Å². The number of thiophene rings is 1. The highest BCUT2D eigenvalue weighted by molar-refractivity contribution is 7.18. The van der Waals surface area contributed by atoms with Crippen molar-refractivity contribution in [1.82, 2.24) is 5.32 Å². The van der Waals surface area contributed by atoms with Crippen LogP contribution >= 0.6 is 22.9 Å². The molecule has 0 saturated carbocycles. The van der Waals surface area contributed by atoms with Gasteiger partial charge in [0.25, 0.3) is 5.91 Å². The van der Waals surface area contributed by atoms with Crippen molar-refractivity contribution in [3.63, 3.8) is 0 Å². The first kappa shape index (κ1) is 17.2. The van der Waals surface area contributed by atoms with E-state index in [2.05, 4.69) is 10.5 Å². The largest absolute Gasteiger partial charge is 0.382 e. The van der Waals surface area contributed by atoms with Crippen LogP contribution in [0, 0.1) is 5.41 Å². The number of nitrogens with two attached hydrogens (primary N) is 1. The van der Waals surface area contributed by atoms with Gasteiger partial charge in [-0.25, -0.2) is 0 Å². The van der Waals surface area contributed by atoms with Gasteiger partial charge in [0.15, 0.2) is 0 Å². The highest BCUT2D eigenvalue weighted by Crippen LogP contribution is 2.30. The van der Waals surface area contributed by atoms with Crippen LogP contribution in [0.25, 0.3) is 0 Å². The van der Waals surface area contributed by atoms with Crippen LogP contribution < -0.4 is 11.1 Å². The van der Waals surface area contributed by atoms with E-state index in [0.717, 1.165) is 4.88 Å². The minimum absolute atomic E-state index is 0.185. The molecule has 3 rings (SSSR count). The molecule has 9 heteroatoms. The zero-order valence-electron chi connectivity index (χ0n) is 12.9. The molecule has 2 aliphatic rings. The number of nitrogens with zero attached hydrogens (tertiary/aromatic N) is 1. The number of rotatable bonds is 5. The lowest BCUT2D eigenvalue weighted by atomic mass is 9.79. The molecular formula is C15H18ClN3O4S. The molecule has 1 saturated heterocycles. The van der Waals surface area contributed by atoms with Gasteiger partial charge in [0.1, 0.15) is 5.71 Å². The van der Waals surface area contributed by atoms with Crippen LogP contribution in [0.3, 0.4) is 0 Å². The Morgan fingerprint density at radius 3 is 2.79 bits per heavy atom. The number of primary amides is 1. The van der Waals surface area contributed by atoms with Gasteiger partial charge in [-0.05, 0) is 25.0 Å². The molecule has 1 aromatic rings. The third-order valence-electron chi connectivity index (χ3n) is 4.39. The van der Waals surface area contributed by atoms with Gasteiger partial charge in [0.2, 0.25) is 12.0 Å². The molecule has 1 fully saturated rings. The normalized spacial score (nSPS) is 22.5. The molecule has 7 nitrogen and oxygen atoms in total. The minimum Gasteiger partial charge on any atom is -0.382 e. The SMILES string of the molecule is NC(=O)C1(CNC(=O)[C@H]2CC(c3ccc(Cl)s3)=NO2)CCOCC1. The van der Waals surface area contributed by atoms with Crippen LogP contribution in [0.15, 0.2) is 17.3 Å². The van der Waals surface area contributed by atoms with Gasteiger partial charge >= 0.3 is 0 Å². The molecule has 3 N–H and O–H groups in total. The summed E-state index contributed by atoms with van der Waals surface area (Å²) in [5, 5.41) is 6.74. The first-order valence-electron chi connectivity index (χ1n) is 7.64. The number of ether oxygens (including phenoxy) is 1. The molecule has 3 heterocycles. The topological polar surface area (TPSA) is 103 Å². The minimum atomic E-state index is -0.753. The zero-order valence-corrected chi connectivity index (χ0v) is 14.5. The summed E-state index contributed by atoms with van der Waals surface area (Å²) in [6.45, 7) is 1.11. The first-order valence-corrected chi connectivity index (χ1v) is 8.83. The van der Waals surface area contributed by atoms with Crippen molar-refractivity contribution in [2.45, 2.75) is 25.4 Å². The zero-order chi connectivity index (χ0) is 17.2. The fourth-order valence-electron chi connectivity index (χ4n) is 2.78. The summed E-state index contributed by atoms with van der Waals surface area (Å²) < 4.78 is 5.93. The smallest absolute Gasteiger partial charge is 0.264 e. The number of oxime groups is 1. The quantitative estimate of drug-likeness (QED) is 0.813. The summed E-state index contributed by atoms with van der Waals surface area (Å²) >= 11 is 7.29. The van der Waals surface area contributed by atoms with Gasteiger partial charge in [0.05, 0.1) is 14.6 Å². The highest BCUT2D eigenvalue weighted by atomic mass is 35.5. The lowest BCUT2D eigenvalue weighted by Crippen LogP contribution is -2.51. The number of carbonyl (C=O) groups excluding carboxylic acids is 2. The van der Waals surface area contributed by atoms with Crippen LogP contribution in [0.4, 0.5) is 0 Å². The number of carbonyl (C=O) groups is 2. The molecule has 0 aromatic carbocycles. The van der Waals surface area contributed by atoms with Crippen molar-refractivity contribution in [3.8, 4) is 0 Å². The van der Waals surface area contributed by atoms with Gasteiger partial charge in [0, 0.05) is 26.2 Å². The van der Waals surface area contributed by atoms with Crippen molar-refractivity contribution in [3.05, 3.63) is 21.3 Å². The number of hydrogen-bond donors (Lipinski definition) is 2. The van der Waals surface area contributed by atoms with E-state index in [9.17, 15) is 9.59 Å². The molecule has 2 amide bonds. The van der Waals surface area contributed by atoms with Crippen molar-refractivity contribution in [1.29, 1.82) is 0 Å². The Balaban J connectivity index is 1.55. The first-order chi connectivity index (χ1) is 11.5. The Hall–Kier alpha value is -1.64. The second-order valence-corrected chi connectivity index (χ2v) is 7.63. The van der Waals surface area contributed by atoms with E-state index in [1.165, 1.54) is 11.3 Å². The standard InChI is InChI=1S/C15H18ClN3O4S/c16-12-2-1-11(24-12)9-7-10(23-19-9)13(20)18-8-15(14(17)21)3-5-22-6-4-15/h1-2,10H,3-8H2,(H2,17,21)(H,18,20)/t10-/m1/s1.